The van der Waals surface area contributed by atoms with E-state index in [1.807, 2.05) is 23.6 Å². The molecule has 7 heteroatoms. The van der Waals surface area contributed by atoms with Crippen LogP contribution in [0.5, 0.6) is 0 Å². The van der Waals surface area contributed by atoms with E-state index < -0.39 is 0 Å². The summed E-state index contributed by atoms with van der Waals surface area (Å²) in [6, 6.07) is 4.15. The summed E-state index contributed by atoms with van der Waals surface area (Å²) in [5.41, 5.74) is 0. The van der Waals surface area contributed by atoms with E-state index in [1.165, 1.54) is 24.6 Å². The molecule has 0 spiro atoms. The first kappa shape index (κ1) is 18.0. The molecule has 1 aliphatic carbocycles. The molecular weight excluding hydrogens is 336 g/mol. The molecule has 2 heterocycles. The second kappa shape index (κ2) is 8.08. The molecular formula is C18H26N4O2S. The van der Waals surface area contributed by atoms with Crippen molar-refractivity contribution >= 4 is 17.7 Å². The highest BCUT2D eigenvalue weighted by atomic mass is 32.2. The van der Waals surface area contributed by atoms with Crippen LogP contribution < -0.4 is 5.32 Å². The van der Waals surface area contributed by atoms with Gasteiger partial charge in [-0.2, -0.15) is 0 Å². The van der Waals surface area contributed by atoms with Gasteiger partial charge >= 0.3 is 0 Å². The van der Waals surface area contributed by atoms with Gasteiger partial charge in [0, 0.05) is 12.0 Å². The number of thioether (sulfide) groups is 1. The van der Waals surface area contributed by atoms with Crippen LogP contribution in [0.4, 0.5) is 0 Å². The number of hydrogen-bond donors (Lipinski definition) is 1. The van der Waals surface area contributed by atoms with E-state index in [2.05, 4.69) is 29.4 Å². The molecule has 1 unspecified atom stereocenters. The maximum Gasteiger partial charge on any atom is 0.233 e. The van der Waals surface area contributed by atoms with Crippen molar-refractivity contribution < 1.29 is 9.21 Å². The average Bonchev–Trinajstić information content (AvgIpc) is 3.31. The van der Waals surface area contributed by atoms with Crippen LogP contribution in [0, 0.1) is 0 Å². The molecule has 1 fully saturated rings. The van der Waals surface area contributed by atoms with Gasteiger partial charge in [-0.1, -0.05) is 38.5 Å². The third-order valence-electron chi connectivity index (χ3n) is 4.51. The van der Waals surface area contributed by atoms with E-state index in [0.29, 0.717) is 12.6 Å². The molecule has 2 aromatic rings. The molecule has 6 nitrogen and oxygen atoms in total. The Morgan fingerprint density at radius 1 is 1.36 bits per heavy atom. The fourth-order valence-electron chi connectivity index (χ4n) is 3.12. The highest BCUT2D eigenvalue weighted by molar-refractivity contribution is 8.00. The molecule has 25 heavy (non-hydrogen) atoms. The average molecular weight is 362 g/mol. The standard InChI is InChI=1S/C18H26N4O2S/c1-12(2)16-20-21-18(22(16)11-15-9-6-10-24-15)25-13(3)17(23)19-14-7-4-5-8-14/h6,9-10,12-14H,4-5,7-8,11H2,1-3H3,(H,19,23). The number of carbonyl (C=O) groups excluding carboxylic acids is 1. The van der Waals surface area contributed by atoms with Crippen molar-refractivity contribution in [2.24, 2.45) is 0 Å². The minimum atomic E-state index is -0.208. The Labute approximate surface area is 152 Å². The molecule has 0 radical (unpaired) electrons. The lowest BCUT2D eigenvalue weighted by atomic mass is 10.2. The number of aromatic nitrogens is 3. The van der Waals surface area contributed by atoms with E-state index in [4.69, 9.17) is 4.42 Å². The van der Waals surface area contributed by atoms with Gasteiger partial charge in [-0.05, 0) is 31.9 Å². The van der Waals surface area contributed by atoms with Gasteiger partial charge in [0.2, 0.25) is 5.91 Å². The van der Waals surface area contributed by atoms with E-state index >= 15 is 0 Å². The maximum absolute atomic E-state index is 12.5. The van der Waals surface area contributed by atoms with Crippen molar-refractivity contribution in [3.8, 4) is 0 Å². The van der Waals surface area contributed by atoms with Crippen LogP contribution in [-0.4, -0.2) is 32.0 Å². The van der Waals surface area contributed by atoms with Crippen LogP contribution in [0.2, 0.25) is 0 Å². The van der Waals surface area contributed by atoms with Gasteiger partial charge in [-0.25, -0.2) is 0 Å². The minimum absolute atomic E-state index is 0.0792. The number of rotatable bonds is 7. The smallest absolute Gasteiger partial charge is 0.233 e. The molecule has 2 aromatic heterocycles. The Morgan fingerprint density at radius 2 is 2.12 bits per heavy atom. The number of carbonyl (C=O) groups is 1. The Kier molecular flexibility index (Phi) is 5.83. The summed E-state index contributed by atoms with van der Waals surface area (Å²) in [5, 5.41) is 12.4. The Balaban J connectivity index is 1.71. The quantitative estimate of drug-likeness (QED) is 0.762. The molecule has 136 valence electrons. The van der Waals surface area contributed by atoms with E-state index in [0.717, 1.165) is 29.6 Å². The number of nitrogens with one attached hydrogen (secondary N) is 1. The molecule has 0 saturated heterocycles. The summed E-state index contributed by atoms with van der Waals surface area (Å²) in [5.74, 6) is 2.09. The predicted octanol–water partition coefficient (Wildman–Crippen LogP) is 3.58. The van der Waals surface area contributed by atoms with E-state index in [1.54, 1.807) is 6.26 Å². The van der Waals surface area contributed by atoms with Crippen LogP contribution in [0.1, 0.15) is 64.0 Å². The van der Waals surface area contributed by atoms with Gasteiger partial charge in [-0.3, -0.25) is 9.36 Å². The minimum Gasteiger partial charge on any atom is -0.467 e. The normalized spacial score (nSPS) is 16.5. The first-order chi connectivity index (χ1) is 12.0. The van der Waals surface area contributed by atoms with Gasteiger partial charge in [-0.15, -0.1) is 10.2 Å². The van der Waals surface area contributed by atoms with Crippen molar-refractivity contribution in [3.63, 3.8) is 0 Å². The van der Waals surface area contributed by atoms with Gasteiger partial charge in [0.25, 0.3) is 0 Å². The van der Waals surface area contributed by atoms with Crippen molar-refractivity contribution in [2.45, 2.75) is 75.4 Å². The SMILES string of the molecule is CC(Sc1nnc(C(C)C)n1Cc1ccco1)C(=O)NC1CCCC1. The predicted molar refractivity (Wildman–Crippen MR) is 97.6 cm³/mol. The lowest BCUT2D eigenvalue weighted by Gasteiger charge is -2.17. The molecule has 0 bridgehead atoms. The largest absolute Gasteiger partial charge is 0.467 e. The molecule has 0 aliphatic heterocycles. The Hall–Kier alpha value is -1.76. The number of furan rings is 1. The molecule has 1 saturated carbocycles. The van der Waals surface area contributed by atoms with Crippen molar-refractivity contribution in [1.82, 2.24) is 20.1 Å². The first-order valence-electron chi connectivity index (χ1n) is 8.97. The Morgan fingerprint density at radius 3 is 2.76 bits per heavy atom. The van der Waals surface area contributed by atoms with Gasteiger partial charge in [0.15, 0.2) is 5.16 Å². The summed E-state index contributed by atoms with van der Waals surface area (Å²) >= 11 is 1.46. The fourth-order valence-corrected chi connectivity index (χ4v) is 3.99. The van der Waals surface area contributed by atoms with Gasteiger partial charge in [0.05, 0.1) is 18.1 Å². The van der Waals surface area contributed by atoms with E-state index in [-0.39, 0.29) is 17.1 Å². The van der Waals surface area contributed by atoms with Crippen molar-refractivity contribution in [1.29, 1.82) is 0 Å². The van der Waals surface area contributed by atoms with Crippen LogP contribution in [0.3, 0.4) is 0 Å². The van der Waals surface area contributed by atoms with Crippen LogP contribution in [0.25, 0.3) is 0 Å². The van der Waals surface area contributed by atoms with Crippen LogP contribution in [-0.2, 0) is 11.3 Å². The van der Waals surface area contributed by atoms with Crippen LogP contribution in [0.15, 0.2) is 28.0 Å². The molecule has 1 N–H and O–H groups in total. The second-order valence-electron chi connectivity index (χ2n) is 6.91. The summed E-state index contributed by atoms with van der Waals surface area (Å²) in [6.07, 6.45) is 6.27. The summed E-state index contributed by atoms with van der Waals surface area (Å²) < 4.78 is 7.52. The van der Waals surface area contributed by atoms with Crippen molar-refractivity contribution in [2.75, 3.05) is 0 Å². The summed E-state index contributed by atoms with van der Waals surface area (Å²) in [6.45, 7) is 6.68. The van der Waals surface area contributed by atoms with E-state index in [9.17, 15) is 4.79 Å². The van der Waals surface area contributed by atoms with Gasteiger partial charge in [0.1, 0.15) is 11.6 Å². The Bertz CT molecular complexity index is 690. The third-order valence-corrected chi connectivity index (χ3v) is 5.59. The number of amides is 1. The molecule has 1 atom stereocenters. The molecule has 0 aromatic carbocycles. The van der Waals surface area contributed by atoms with Crippen molar-refractivity contribution in [3.05, 3.63) is 30.0 Å². The molecule has 3 rings (SSSR count). The fraction of sp³-hybridized carbons (Fsp3) is 0.611. The number of nitrogens with zero attached hydrogens (tertiary/aromatic N) is 3. The van der Waals surface area contributed by atoms with Gasteiger partial charge < -0.3 is 9.73 Å². The zero-order valence-electron chi connectivity index (χ0n) is 15.1. The lowest BCUT2D eigenvalue weighted by molar-refractivity contribution is -0.120. The lowest BCUT2D eigenvalue weighted by Crippen LogP contribution is -2.37. The maximum atomic E-state index is 12.5. The zero-order chi connectivity index (χ0) is 17.8. The summed E-state index contributed by atoms with van der Waals surface area (Å²) in [4.78, 5) is 12.5. The molecule has 1 amide bonds. The number of hydrogen-bond acceptors (Lipinski definition) is 5. The first-order valence-corrected chi connectivity index (χ1v) is 9.85. The molecule has 1 aliphatic rings. The van der Waals surface area contributed by atoms with Crippen LogP contribution >= 0.6 is 11.8 Å². The second-order valence-corrected chi connectivity index (χ2v) is 8.22. The highest BCUT2D eigenvalue weighted by Crippen LogP contribution is 2.27. The third kappa shape index (κ3) is 4.45. The highest BCUT2D eigenvalue weighted by Gasteiger charge is 2.24. The summed E-state index contributed by atoms with van der Waals surface area (Å²) in [7, 11) is 0. The monoisotopic (exact) mass is 362 g/mol. The zero-order valence-corrected chi connectivity index (χ0v) is 15.9. The topological polar surface area (TPSA) is 73.0 Å².